The SMILES string of the molecule is CNCCCC1(O)c2ccccc2C=Cc2c(C)cccc21. The molecule has 0 amide bonds. The van der Waals surface area contributed by atoms with E-state index in [0.29, 0.717) is 6.42 Å². The highest BCUT2D eigenvalue weighted by Crippen LogP contribution is 2.41. The summed E-state index contributed by atoms with van der Waals surface area (Å²) in [4.78, 5) is 0. The molecule has 1 unspecified atom stereocenters. The van der Waals surface area contributed by atoms with Gasteiger partial charge in [0.1, 0.15) is 5.60 Å². The lowest BCUT2D eigenvalue weighted by Crippen LogP contribution is -2.30. The molecule has 3 rings (SSSR count). The number of benzene rings is 2. The number of hydrogen-bond donors (Lipinski definition) is 2. The van der Waals surface area contributed by atoms with E-state index in [4.69, 9.17) is 0 Å². The van der Waals surface area contributed by atoms with Gasteiger partial charge in [0.15, 0.2) is 0 Å². The summed E-state index contributed by atoms with van der Waals surface area (Å²) >= 11 is 0. The van der Waals surface area contributed by atoms with Gasteiger partial charge in [-0.05, 0) is 61.2 Å². The van der Waals surface area contributed by atoms with E-state index in [9.17, 15) is 5.11 Å². The number of fused-ring (bicyclic) bond motifs is 2. The first-order valence-corrected chi connectivity index (χ1v) is 7.91. The quantitative estimate of drug-likeness (QED) is 0.842. The van der Waals surface area contributed by atoms with Crippen molar-refractivity contribution in [2.24, 2.45) is 0 Å². The van der Waals surface area contributed by atoms with Crippen molar-refractivity contribution in [2.45, 2.75) is 25.4 Å². The summed E-state index contributed by atoms with van der Waals surface area (Å²) in [5.74, 6) is 0. The van der Waals surface area contributed by atoms with Gasteiger partial charge in [0.25, 0.3) is 0 Å². The Morgan fingerprint density at radius 2 is 1.77 bits per heavy atom. The van der Waals surface area contributed by atoms with Gasteiger partial charge in [0.2, 0.25) is 0 Å². The van der Waals surface area contributed by atoms with Crippen molar-refractivity contribution < 1.29 is 5.11 Å². The van der Waals surface area contributed by atoms with Crippen LogP contribution < -0.4 is 5.32 Å². The Morgan fingerprint density at radius 1 is 1.00 bits per heavy atom. The molecule has 2 N–H and O–H groups in total. The molecule has 0 radical (unpaired) electrons. The molecule has 2 aromatic carbocycles. The van der Waals surface area contributed by atoms with Crippen LogP contribution in [0.5, 0.6) is 0 Å². The minimum atomic E-state index is -0.932. The summed E-state index contributed by atoms with van der Waals surface area (Å²) in [7, 11) is 1.95. The zero-order valence-corrected chi connectivity index (χ0v) is 13.3. The number of aliphatic hydroxyl groups is 1. The Balaban J connectivity index is 2.18. The van der Waals surface area contributed by atoms with Gasteiger partial charge in [-0.1, -0.05) is 54.6 Å². The average molecular weight is 293 g/mol. The fraction of sp³-hybridized carbons (Fsp3) is 0.300. The average Bonchev–Trinajstić information content (AvgIpc) is 2.65. The van der Waals surface area contributed by atoms with Crippen LogP contribution >= 0.6 is 0 Å². The van der Waals surface area contributed by atoms with Crippen LogP contribution in [0.2, 0.25) is 0 Å². The van der Waals surface area contributed by atoms with Gasteiger partial charge in [-0.2, -0.15) is 0 Å². The van der Waals surface area contributed by atoms with Gasteiger partial charge in [-0.3, -0.25) is 0 Å². The summed E-state index contributed by atoms with van der Waals surface area (Å²) in [6.45, 7) is 3.01. The summed E-state index contributed by atoms with van der Waals surface area (Å²) in [6.07, 6.45) is 5.90. The Labute approximate surface area is 132 Å². The molecule has 0 aliphatic heterocycles. The largest absolute Gasteiger partial charge is 0.380 e. The molecule has 1 aliphatic carbocycles. The molecule has 0 aromatic heterocycles. The second-order valence-corrected chi connectivity index (χ2v) is 6.02. The third kappa shape index (κ3) is 2.49. The van der Waals surface area contributed by atoms with Crippen LogP contribution in [0.25, 0.3) is 12.2 Å². The molecule has 2 nitrogen and oxygen atoms in total. The lowest BCUT2D eigenvalue weighted by molar-refractivity contribution is 0.0686. The molecule has 2 heteroatoms. The van der Waals surface area contributed by atoms with Gasteiger partial charge in [0, 0.05) is 0 Å². The van der Waals surface area contributed by atoms with Crippen molar-refractivity contribution >= 4 is 12.2 Å². The summed E-state index contributed by atoms with van der Waals surface area (Å²) in [6, 6.07) is 14.4. The van der Waals surface area contributed by atoms with Crippen LogP contribution in [0.3, 0.4) is 0 Å². The molecule has 0 bridgehead atoms. The summed E-state index contributed by atoms with van der Waals surface area (Å²) in [5, 5.41) is 14.8. The fourth-order valence-electron chi connectivity index (χ4n) is 3.39. The molecule has 0 saturated carbocycles. The van der Waals surface area contributed by atoms with Crippen LogP contribution in [0.15, 0.2) is 42.5 Å². The summed E-state index contributed by atoms with van der Waals surface area (Å²) in [5.41, 5.74) is 4.54. The Bertz CT molecular complexity index is 705. The van der Waals surface area contributed by atoms with E-state index in [-0.39, 0.29) is 0 Å². The van der Waals surface area contributed by atoms with Gasteiger partial charge in [0.05, 0.1) is 0 Å². The number of rotatable bonds is 4. The predicted octanol–water partition coefficient (Wildman–Crippen LogP) is 3.71. The maximum atomic E-state index is 11.6. The van der Waals surface area contributed by atoms with Crippen LogP contribution in [0.1, 0.15) is 40.7 Å². The molecular weight excluding hydrogens is 270 g/mol. The minimum Gasteiger partial charge on any atom is -0.380 e. The van der Waals surface area contributed by atoms with Crippen molar-refractivity contribution in [2.75, 3.05) is 13.6 Å². The third-order valence-corrected chi connectivity index (χ3v) is 4.57. The fourth-order valence-corrected chi connectivity index (χ4v) is 3.39. The lowest BCUT2D eigenvalue weighted by Gasteiger charge is -2.31. The zero-order chi connectivity index (χ0) is 15.6. The molecule has 0 spiro atoms. The highest BCUT2D eigenvalue weighted by molar-refractivity contribution is 5.78. The Hall–Kier alpha value is -1.90. The summed E-state index contributed by atoms with van der Waals surface area (Å²) < 4.78 is 0. The molecule has 0 heterocycles. The van der Waals surface area contributed by atoms with Crippen molar-refractivity contribution in [1.82, 2.24) is 5.32 Å². The molecule has 22 heavy (non-hydrogen) atoms. The van der Waals surface area contributed by atoms with Crippen molar-refractivity contribution in [1.29, 1.82) is 0 Å². The van der Waals surface area contributed by atoms with Gasteiger partial charge >= 0.3 is 0 Å². The molecular formula is C20H23NO. The van der Waals surface area contributed by atoms with Crippen LogP contribution in [-0.4, -0.2) is 18.7 Å². The number of nitrogens with one attached hydrogen (secondary N) is 1. The van der Waals surface area contributed by atoms with Crippen molar-refractivity contribution in [3.8, 4) is 0 Å². The van der Waals surface area contributed by atoms with E-state index >= 15 is 0 Å². The van der Waals surface area contributed by atoms with E-state index in [2.05, 4.69) is 48.7 Å². The van der Waals surface area contributed by atoms with E-state index in [1.54, 1.807) is 0 Å². The smallest absolute Gasteiger partial charge is 0.116 e. The second-order valence-electron chi connectivity index (χ2n) is 6.02. The predicted molar refractivity (Wildman–Crippen MR) is 92.7 cm³/mol. The third-order valence-electron chi connectivity index (χ3n) is 4.57. The highest BCUT2D eigenvalue weighted by Gasteiger charge is 2.35. The van der Waals surface area contributed by atoms with Crippen LogP contribution in [0, 0.1) is 6.92 Å². The van der Waals surface area contributed by atoms with Crippen molar-refractivity contribution in [3.05, 3.63) is 70.3 Å². The lowest BCUT2D eigenvalue weighted by atomic mass is 9.79. The van der Waals surface area contributed by atoms with E-state index in [1.807, 2.05) is 25.2 Å². The van der Waals surface area contributed by atoms with Crippen molar-refractivity contribution in [3.63, 3.8) is 0 Å². The second kappa shape index (κ2) is 6.07. The molecule has 1 atom stereocenters. The van der Waals surface area contributed by atoms with E-state index in [1.165, 1.54) is 5.56 Å². The van der Waals surface area contributed by atoms with Gasteiger partial charge < -0.3 is 10.4 Å². The first-order chi connectivity index (χ1) is 10.7. The highest BCUT2D eigenvalue weighted by atomic mass is 16.3. The topological polar surface area (TPSA) is 32.3 Å². The van der Waals surface area contributed by atoms with E-state index in [0.717, 1.165) is 35.2 Å². The number of hydrogen-bond acceptors (Lipinski definition) is 2. The minimum absolute atomic E-state index is 0.711. The Kier molecular flexibility index (Phi) is 4.14. The van der Waals surface area contributed by atoms with Gasteiger partial charge in [-0.15, -0.1) is 0 Å². The first kappa shape index (κ1) is 15.0. The first-order valence-electron chi connectivity index (χ1n) is 7.91. The molecule has 2 aromatic rings. The standard InChI is InChI=1S/C20H23NO/c1-15-7-5-10-19-17(15)12-11-16-8-3-4-9-18(16)20(19,22)13-6-14-21-2/h3-5,7-12,21-22H,6,13-14H2,1-2H3. The maximum absolute atomic E-state index is 11.6. The van der Waals surface area contributed by atoms with Crippen LogP contribution in [-0.2, 0) is 5.60 Å². The number of aryl methyl sites for hydroxylation is 1. The monoisotopic (exact) mass is 293 g/mol. The zero-order valence-electron chi connectivity index (χ0n) is 13.3. The van der Waals surface area contributed by atoms with E-state index < -0.39 is 5.60 Å². The molecule has 1 aliphatic rings. The van der Waals surface area contributed by atoms with Gasteiger partial charge in [-0.25, -0.2) is 0 Å². The normalized spacial score (nSPS) is 19.4. The Morgan fingerprint density at radius 3 is 2.59 bits per heavy atom. The van der Waals surface area contributed by atoms with Crippen LogP contribution in [0.4, 0.5) is 0 Å². The molecule has 114 valence electrons. The maximum Gasteiger partial charge on any atom is 0.116 e. The molecule has 0 fully saturated rings. The molecule has 0 saturated heterocycles.